The van der Waals surface area contributed by atoms with Crippen molar-refractivity contribution in [2.45, 2.75) is 11.8 Å². The quantitative estimate of drug-likeness (QED) is 0.865. The lowest BCUT2D eigenvalue weighted by atomic mass is 10.2. The van der Waals surface area contributed by atoms with E-state index in [4.69, 9.17) is 5.26 Å². The van der Waals surface area contributed by atoms with E-state index in [0.717, 1.165) is 5.75 Å². The Morgan fingerprint density at radius 2 is 2.22 bits per heavy atom. The van der Waals surface area contributed by atoms with Crippen molar-refractivity contribution in [3.63, 3.8) is 0 Å². The van der Waals surface area contributed by atoms with E-state index in [9.17, 15) is 8.42 Å². The van der Waals surface area contributed by atoms with Crippen LogP contribution in [0.5, 0.6) is 0 Å². The molecule has 1 unspecified atom stereocenters. The number of hydrogen-bond donors (Lipinski definition) is 1. The highest BCUT2D eigenvalue weighted by Gasteiger charge is 2.15. The Bertz CT molecular complexity index is 535. The molecule has 0 saturated carbocycles. The maximum Gasteiger partial charge on any atom is 0.240 e. The summed E-state index contributed by atoms with van der Waals surface area (Å²) >= 11 is 1.68. The summed E-state index contributed by atoms with van der Waals surface area (Å²) in [6.45, 7) is 2.39. The van der Waals surface area contributed by atoms with Crippen LogP contribution in [0.2, 0.25) is 0 Å². The summed E-state index contributed by atoms with van der Waals surface area (Å²) < 4.78 is 26.5. The lowest BCUT2D eigenvalue weighted by Gasteiger charge is -2.11. The third-order valence-corrected chi connectivity index (χ3v) is 4.67. The van der Waals surface area contributed by atoms with Crippen LogP contribution in [0, 0.1) is 17.2 Å². The predicted octanol–water partition coefficient (Wildman–Crippen LogP) is 1.84. The molecule has 0 radical (unpaired) electrons. The zero-order chi connectivity index (χ0) is 13.6. The molecule has 0 fully saturated rings. The summed E-state index contributed by atoms with van der Waals surface area (Å²) in [5.74, 6) is 1.18. The molecule has 1 aromatic carbocycles. The van der Waals surface area contributed by atoms with Crippen LogP contribution in [0.4, 0.5) is 0 Å². The van der Waals surface area contributed by atoms with E-state index in [2.05, 4.69) is 4.72 Å². The number of sulfonamides is 1. The van der Waals surface area contributed by atoms with Crippen molar-refractivity contribution < 1.29 is 8.42 Å². The molecule has 4 nitrogen and oxygen atoms in total. The molecule has 0 heterocycles. The molecular formula is C12H16N2O2S2. The van der Waals surface area contributed by atoms with Gasteiger partial charge in [0.05, 0.1) is 16.5 Å². The Labute approximate surface area is 112 Å². The van der Waals surface area contributed by atoms with E-state index >= 15 is 0 Å². The van der Waals surface area contributed by atoms with E-state index in [1.807, 2.05) is 19.2 Å². The van der Waals surface area contributed by atoms with Gasteiger partial charge >= 0.3 is 0 Å². The maximum atomic E-state index is 12.0. The Hall–Kier alpha value is -1.03. The maximum absolute atomic E-state index is 12.0. The van der Waals surface area contributed by atoms with Crippen LogP contribution in [0.25, 0.3) is 0 Å². The SMILES string of the molecule is CSCC(C)CNS(=O)(=O)c1cccc(C#N)c1. The lowest BCUT2D eigenvalue weighted by Crippen LogP contribution is -2.29. The second-order valence-electron chi connectivity index (χ2n) is 4.05. The number of hydrogen-bond acceptors (Lipinski definition) is 4. The van der Waals surface area contributed by atoms with E-state index in [-0.39, 0.29) is 10.8 Å². The zero-order valence-corrected chi connectivity index (χ0v) is 12.0. The molecule has 1 rings (SSSR count). The van der Waals surface area contributed by atoms with Crippen molar-refractivity contribution in [2.75, 3.05) is 18.6 Å². The van der Waals surface area contributed by atoms with Crippen LogP contribution >= 0.6 is 11.8 Å². The highest BCUT2D eigenvalue weighted by atomic mass is 32.2. The molecule has 0 aliphatic rings. The van der Waals surface area contributed by atoms with Crippen molar-refractivity contribution in [1.82, 2.24) is 4.72 Å². The average molecular weight is 284 g/mol. The predicted molar refractivity (Wildman–Crippen MR) is 73.9 cm³/mol. The monoisotopic (exact) mass is 284 g/mol. The van der Waals surface area contributed by atoms with Crippen LogP contribution < -0.4 is 4.72 Å². The first kappa shape index (κ1) is 15.0. The highest BCUT2D eigenvalue weighted by molar-refractivity contribution is 7.98. The van der Waals surface area contributed by atoms with Crippen LogP contribution in [0.15, 0.2) is 29.2 Å². The number of benzene rings is 1. The van der Waals surface area contributed by atoms with Crippen molar-refractivity contribution in [3.8, 4) is 6.07 Å². The van der Waals surface area contributed by atoms with Gasteiger partial charge in [-0.1, -0.05) is 13.0 Å². The molecule has 1 aromatic rings. The Balaban J connectivity index is 2.77. The molecule has 0 aliphatic heterocycles. The largest absolute Gasteiger partial charge is 0.240 e. The first-order valence-corrected chi connectivity index (χ1v) is 8.36. The first-order chi connectivity index (χ1) is 8.49. The summed E-state index contributed by atoms with van der Waals surface area (Å²) in [5, 5.41) is 8.75. The second-order valence-corrected chi connectivity index (χ2v) is 6.73. The minimum Gasteiger partial charge on any atom is -0.211 e. The zero-order valence-electron chi connectivity index (χ0n) is 10.4. The number of nitriles is 1. The molecule has 1 atom stereocenters. The Morgan fingerprint density at radius 1 is 1.50 bits per heavy atom. The van der Waals surface area contributed by atoms with Crippen molar-refractivity contribution in [3.05, 3.63) is 29.8 Å². The lowest BCUT2D eigenvalue weighted by molar-refractivity contribution is 0.562. The Morgan fingerprint density at radius 3 is 2.83 bits per heavy atom. The summed E-state index contributed by atoms with van der Waals surface area (Å²) in [6.07, 6.45) is 1.99. The van der Waals surface area contributed by atoms with Crippen LogP contribution in [-0.2, 0) is 10.0 Å². The Kier molecular flexibility index (Phi) is 5.66. The smallest absolute Gasteiger partial charge is 0.211 e. The molecule has 98 valence electrons. The summed E-state index contributed by atoms with van der Waals surface area (Å²) in [5.41, 5.74) is 0.343. The van der Waals surface area contributed by atoms with Gasteiger partial charge in [-0.25, -0.2) is 13.1 Å². The van der Waals surface area contributed by atoms with Crippen molar-refractivity contribution in [1.29, 1.82) is 5.26 Å². The van der Waals surface area contributed by atoms with Crippen LogP contribution in [0.3, 0.4) is 0 Å². The molecule has 0 amide bonds. The fourth-order valence-corrected chi connectivity index (χ4v) is 3.31. The van der Waals surface area contributed by atoms with E-state index < -0.39 is 10.0 Å². The topological polar surface area (TPSA) is 70.0 Å². The van der Waals surface area contributed by atoms with Crippen LogP contribution in [0.1, 0.15) is 12.5 Å². The number of thioether (sulfide) groups is 1. The van der Waals surface area contributed by atoms with Gasteiger partial charge in [0, 0.05) is 6.54 Å². The van der Waals surface area contributed by atoms with Gasteiger partial charge in [-0.3, -0.25) is 0 Å². The second kappa shape index (κ2) is 6.78. The molecule has 18 heavy (non-hydrogen) atoms. The third kappa shape index (κ3) is 4.33. The normalized spacial score (nSPS) is 12.9. The molecule has 6 heteroatoms. The summed E-state index contributed by atoms with van der Waals surface area (Å²) in [4.78, 5) is 0.137. The van der Waals surface area contributed by atoms with Gasteiger partial charge in [0.2, 0.25) is 10.0 Å². The number of rotatable bonds is 6. The molecule has 0 bridgehead atoms. The van der Waals surface area contributed by atoms with Crippen molar-refractivity contribution >= 4 is 21.8 Å². The van der Waals surface area contributed by atoms with Crippen LogP contribution in [-0.4, -0.2) is 27.0 Å². The number of nitrogens with one attached hydrogen (secondary N) is 1. The summed E-state index contributed by atoms with van der Waals surface area (Å²) in [7, 11) is -3.52. The molecule has 0 aliphatic carbocycles. The van der Waals surface area contributed by atoms with Gasteiger partial charge in [0.25, 0.3) is 0 Å². The first-order valence-electron chi connectivity index (χ1n) is 5.48. The number of nitrogens with zero attached hydrogens (tertiary/aromatic N) is 1. The fourth-order valence-electron chi connectivity index (χ4n) is 1.41. The van der Waals surface area contributed by atoms with Gasteiger partial charge in [-0.2, -0.15) is 17.0 Å². The van der Waals surface area contributed by atoms with Gasteiger partial charge in [-0.15, -0.1) is 0 Å². The third-order valence-electron chi connectivity index (χ3n) is 2.35. The molecule has 0 spiro atoms. The summed E-state index contributed by atoms with van der Waals surface area (Å²) in [6, 6.07) is 7.94. The van der Waals surface area contributed by atoms with E-state index in [0.29, 0.717) is 12.1 Å². The fraction of sp³-hybridized carbons (Fsp3) is 0.417. The highest BCUT2D eigenvalue weighted by Crippen LogP contribution is 2.11. The standard InChI is InChI=1S/C12H16N2O2S2/c1-10(9-17-2)8-14-18(15,16)12-5-3-4-11(6-12)7-13/h3-6,10,14H,8-9H2,1-2H3. The molecule has 0 aromatic heterocycles. The van der Waals surface area contributed by atoms with E-state index in [1.54, 1.807) is 23.9 Å². The molecule has 0 saturated heterocycles. The molecule has 1 N–H and O–H groups in total. The average Bonchev–Trinajstić information content (AvgIpc) is 2.37. The minimum absolute atomic E-state index is 0.137. The van der Waals surface area contributed by atoms with Gasteiger partial charge in [0.15, 0.2) is 0 Å². The van der Waals surface area contributed by atoms with Gasteiger partial charge in [0.1, 0.15) is 0 Å². The van der Waals surface area contributed by atoms with E-state index in [1.165, 1.54) is 12.1 Å². The minimum atomic E-state index is -3.52. The van der Waals surface area contributed by atoms with Crippen molar-refractivity contribution in [2.24, 2.45) is 5.92 Å². The molecular weight excluding hydrogens is 268 g/mol. The van der Waals surface area contributed by atoms with Gasteiger partial charge in [-0.05, 0) is 36.1 Å². The van der Waals surface area contributed by atoms with Gasteiger partial charge < -0.3 is 0 Å².